The predicted molar refractivity (Wildman–Crippen MR) is 119 cm³/mol. The van der Waals surface area contributed by atoms with Crippen molar-refractivity contribution >= 4 is 23.3 Å². The Balaban J connectivity index is 1.70. The number of ether oxygens (including phenoxy) is 1. The molecule has 1 aliphatic rings. The summed E-state index contributed by atoms with van der Waals surface area (Å²) in [4.78, 5) is 53.0. The van der Waals surface area contributed by atoms with E-state index < -0.39 is 29.0 Å². The third-order valence-electron chi connectivity index (χ3n) is 5.38. The Kier molecular flexibility index (Phi) is 5.89. The van der Waals surface area contributed by atoms with Crippen molar-refractivity contribution in [2.45, 2.75) is 25.3 Å². The number of carbonyl (C=O) groups is 2. The van der Waals surface area contributed by atoms with Gasteiger partial charge in [0.15, 0.2) is 0 Å². The van der Waals surface area contributed by atoms with Gasteiger partial charge in [-0.15, -0.1) is 0 Å². The first-order chi connectivity index (χ1) is 15.5. The van der Waals surface area contributed by atoms with Crippen LogP contribution >= 0.6 is 0 Å². The highest BCUT2D eigenvalue weighted by molar-refractivity contribution is 6.04. The summed E-state index contributed by atoms with van der Waals surface area (Å²) in [6.45, 7) is 0.225. The number of aryl methyl sites for hydroxylation is 1. The number of anilines is 2. The fourth-order valence-corrected chi connectivity index (χ4v) is 3.81. The number of carbonyl (C=O) groups excluding carboxylic acids is 2. The largest absolute Gasteiger partial charge is 0.495 e. The number of amides is 2. The van der Waals surface area contributed by atoms with Crippen molar-refractivity contribution in [2.75, 3.05) is 17.7 Å². The van der Waals surface area contributed by atoms with Crippen LogP contribution in [0.25, 0.3) is 0 Å². The van der Waals surface area contributed by atoms with Crippen LogP contribution in [0.5, 0.6) is 5.75 Å². The zero-order chi connectivity index (χ0) is 22.7. The van der Waals surface area contributed by atoms with Crippen LogP contribution in [-0.2, 0) is 22.6 Å². The molecule has 2 amide bonds. The molecule has 164 valence electrons. The maximum absolute atomic E-state index is 13.1. The number of methoxy groups -OCH3 is 1. The third-order valence-corrected chi connectivity index (χ3v) is 5.38. The molecule has 3 N–H and O–H groups in total. The van der Waals surface area contributed by atoms with Crippen molar-refractivity contribution in [3.8, 4) is 5.75 Å². The lowest BCUT2D eigenvalue weighted by molar-refractivity contribution is -0.123. The average Bonchev–Trinajstić information content (AvgIpc) is 2.79. The first-order valence-electron chi connectivity index (χ1n) is 10.1. The minimum atomic E-state index is -1.06. The molecule has 3 aromatic rings. The Bertz CT molecular complexity index is 1280. The van der Waals surface area contributed by atoms with Crippen LogP contribution in [0.2, 0.25) is 0 Å². The van der Waals surface area contributed by atoms with Gasteiger partial charge in [-0.2, -0.15) is 0 Å². The van der Waals surface area contributed by atoms with E-state index in [4.69, 9.17) is 4.74 Å². The molecule has 0 fully saturated rings. The number of nitrogens with zero attached hydrogens (tertiary/aromatic N) is 1. The number of hydrogen-bond acceptors (Lipinski definition) is 5. The van der Waals surface area contributed by atoms with Gasteiger partial charge in [-0.1, -0.05) is 42.5 Å². The number of aromatic amines is 1. The maximum atomic E-state index is 13.1. The lowest BCUT2D eigenvalue weighted by Crippen LogP contribution is -2.42. The summed E-state index contributed by atoms with van der Waals surface area (Å²) in [5.41, 5.74) is 0.134. The molecule has 0 aliphatic carbocycles. The molecule has 2 heterocycles. The van der Waals surface area contributed by atoms with Crippen LogP contribution in [0, 0.1) is 0 Å². The van der Waals surface area contributed by atoms with Gasteiger partial charge >= 0.3 is 5.69 Å². The minimum Gasteiger partial charge on any atom is -0.495 e. The van der Waals surface area contributed by atoms with E-state index in [2.05, 4.69) is 15.6 Å². The van der Waals surface area contributed by atoms with Crippen molar-refractivity contribution in [3.05, 3.63) is 86.6 Å². The van der Waals surface area contributed by atoms with E-state index in [0.29, 0.717) is 17.9 Å². The highest BCUT2D eigenvalue weighted by Crippen LogP contribution is 2.31. The molecule has 1 atom stereocenters. The molecular weight excluding hydrogens is 412 g/mol. The van der Waals surface area contributed by atoms with Gasteiger partial charge in [-0.3, -0.25) is 23.9 Å². The van der Waals surface area contributed by atoms with Crippen molar-refractivity contribution in [2.24, 2.45) is 0 Å². The summed E-state index contributed by atoms with van der Waals surface area (Å²) in [7, 11) is 1.48. The molecule has 4 rings (SSSR count). The highest BCUT2D eigenvalue weighted by Gasteiger charge is 2.35. The second-order valence-corrected chi connectivity index (χ2v) is 7.40. The fraction of sp³-hybridized carbons (Fsp3) is 0.217. The SMILES string of the molecule is COc1ccccc1NC(=O)[C@H]1CC(=O)Nc2c1c(=O)[nH]c(=O)n2CCc1ccccc1. The molecular formula is C23H22N4O5. The van der Waals surface area contributed by atoms with Gasteiger partial charge in [0.1, 0.15) is 11.6 Å². The van der Waals surface area contributed by atoms with Crippen LogP contribution in [0.15, 0.2) is 64.2 Å². The van der Waals surface area contributed by atoms with Gasteiger partial charge in [0, 0.05) is 13.0 Å². The average molecular weight is 434 g/mol. The molecule has 9 nitrogen and oxygen atoms in total. The van der Waals surface area contributed by atoms with Crippen molar-refractivity contribution in [3.63, 3.8) is 0 Å². The molecule has 1 aliphatic heterocycles. The second-order valence-electron chi connectivity index (χ2n) is 7.40. The summed E-state index contributed by atoms with van der Waals surface area (Å²) in [5, 5.41) is 5.34. The van der Waals surface area contributed by atoms with E-state index in [1.54, 1.807) is 24.3 Å². The van der Waals surface area contributed by atoms with E-state index in [0.717, 1.165) is 5.56 Å². The van der Waals surface area contributed by atoms with Gasteiger partial charge in [-0.05, 0) is 24.1 Å². The molecule has 0 bridgehead atoms. The van der Waals surface area contributed by atoms with Gasteiger partial charge in [0.2, 0.25) is 11.8 Å². The smallest absolute Gasteiger partial charge is 0.329 e. The normalized spacial score (nSPS) is 14.9. The van der Waals surface area contributed by atoms with Crippen LogP contribution in [0.3, 0.4) is 0 Å². The Morgan fingerprint density at radius 1 is 1.09 bits per heavy atom. The van der Waals surface area contributed by atoms with Gasteiger partial charge in [0.05, 0.1) is 24.3 Å². The van der Waals surface area contributed by atoms with Crippen LogP contribution in [0.4, 0.5) is 11.5 Å². The van der Waals surface area contributed by atoms with E-state index >= 15 is 0 Å². The molecule has 0 saturated heterocycles. The Morgan fingerprint density at radius 2 is 1.81 bits per heavy atom. The van der Waals surface area contributed by atoms with Gasteiger partial charge in [-0.25, -0.2) is 4.79 Å². The predicted octanol–water partition coefficient (Wildman–Crippen LogP) is 1.85. The number of nitrogens with one attached hydrogen (secondary N) is 3. The molecule has 32 heavy (non-hydrogen) atoms. The number of para-hydroxylation sites is 2. The topological polar surface area (TPSA) is 122 Å². The number of fused-ring (bicyclic) bond motifs is 1. The van der Waals surface area contributed by atoms with Crippen LogP contribution < -0.4 is 26.6 Å². The molecule has 0 unspecified atom stereocenters. The summed E-state index contributed by atoms with van der Waals surface area (Å²) < 4.78 is 6.55. The number of hydrogen-bond donors (Lipinski definition) is 3. The Labute approximate surface area is 183 Å². The quantitative estimate of drug-likeness (QED) is 0.547. The van der Waals surface area contributed by atoms with Crippen LogP contribution in [0.1, 0.15) is 23.5 Å². The summed E-state index contributed by atoms with van der Waals surface area (Å²) >= 11 is 0. The third kappa shape index (κ3) is 4.18. The summed E-state index contributed by atoms with van der Waals surface area (Å²) in [6, 6.07) is 16.3. The van der Waals surface area contributed by atoms with E-state index in [1.165, 1.54) is 11.7 Å². The summed E-state index contributed by atoms with van der Waals surface area (Å²) in [5.74, 6) is -1.54. The second kappa shape index (κ2) is 8.93. The zero-order valence-electron chi connectivity index (χ0n) is 17.4. The van der Waals surface area contributed by atoms with Crippen molar-refractivity contribution in [1.82, 2.24) is 9.55 Å². The lowest BCUT2D eigenvalue weighted by atomic mass is 9.92. The van der Waals surface area contributed by atoms with E-state index in [9.17, 15) is 19.2 Å². The molecule has 9 heteroatoms. The molecule has 0 spiro atoms. The number of benzene rings is 2. The zero-order valence-corrected chi connectivity index (χ0v) is 17.4. The number of aromatic nitrogens is 2. The van der Waals surface area contributed by atoms with Crippen molar-refractivity contribution in [1.29, 1.82) is 0 Å². The van der Waals surface area contributed by atoms with Crippen molar-refractivity contribution < 1.29 is 14.3 Å². The van der Waals surface area contributed by atoms with Crippen LogP contribution in [-0.4, -0.2) is 28.5 Å². The van der Waals surface area contributed by atoms with Gasteiger partial charge in [0.25, 0.3) is 5.56 Å². The highest BCUT2D eigenvalue weighted by atomic mass is 16.5. The van der Waals surface area contributed by atoms with Gasteiger partial charge < -0.3 is 15.4 Å². The molecule has 0 saturated carbocycles. The lowest BCUT2D eigenvalue weighted by Gasteiger charge is -2.26. The minimum absolute atomic E-state index is 0.0599. The standard InChI is InChI=1S/C23H22N4O5/c1-32-17-10-6-5-9-16(17)24-21(29)15-13-18(28)25-20-19(15)22(30)26-23(31)27(20)12-11-14-7-3-2-4-8-14/h2-10,15H,11-13H2,1H3,(H,24,29)(H,25,28)(H,26,30,31)/t15-/m0/s1. The molecule has 1 aromatic heterocycles. The number of H-pyrrole nitrogens is 1. The van der Waals surface area contributed by atoms with E-state index in [1.807, 2.05) is 30.3 Å². The fourth-order valence-electron chi connectivity index (χ4n) is 3.81. The monoisotopic (exact) mass is 434 g/mol. The first-order valence-corrected chi connectivity index (χ1v) is 10.1. The first kappa shape index (κ1) is 21.1. The maximum Gasteiger partial charge on any atom is 0.329 e. The summed E-state index contributed by atoms with van der Waals surface area (Å²) in [6.07, 6.45) is 0.293. The molecule has 0 radical (unpaired) electrons. The Hall–Kier alpha value is -4.14. The number of rotatable bonds is 6. The molecule has 2 aromatic carbocycles. The Morgan fingerprint density at radius 3 is 2.56 bits per heavy atom. The van der Waals surface area contributed by atoms with E-state index in [-0.39, 0.29) is 24.3 Å².